The highest BCUT2D eigenvalue weighted by Gasteiger charge is 2.46. The number of benzene rings is 2. The van der Waals surface area contributed by atoms with E-state index in [2.05, 4.69) is 21.2 Å². The summed E-state index contributed by atoms with van der Waals surface area (Å²) in [5, 5.41) is 15.5. The van der Waals surface area contributed by atoms with Gasteiger partial charge in [0.15, 0.2) is 11.6 Å². The Morgan fingerprint density at radius 1 is 1.12 bits per heavy atom. The average Bonchev–Trinajstić information content (AvgIpc) is 2.71. The van der Waals surface area contributed by atoms with Gasteiger partial charge in [0.05, 0.1) is 17.1 Å². The first-order chi connectivity index (χ1) is 15.7. The molecule has 34 heavy (non-hydrogen) atoms. The summed E-state index contributed by atoms with van der Waals surface area (Å²) in [6, 6.07) is 4.25. The fourth-order valence-electron chi connectivity index (χ4n) is 3.86. The van der Waals surface area contributed by atoms with Gasteiger partial charge in [0.1, 0.15) is 23.0 Å². The molecule has 182 valence electrons. The molecule has 0 bridgehead atoms. The zero-order chi connectivity index (χ0) is 25.5. The summed E-state index contributed by atoms with van der Waals surface area (Å²) in [5.41, 5.74) is -1.84. The number of hydrogen-bond acceptors (Lipinski definition) is 4. The highest BCUT2D eigenvalue weighted by Crippen LogP contribution is 2.36. The largest absolute Gasteiger partial charge is 0.509 e. The van der Waals surface area contributed by atoms with Crippen molar-refractivity contribution in [2.75, 3.05) is 12.4 Å². The van der Waals surface area contributed by atoms with Crippen LogP contribution < -0.4 is 5.32 Å². The molecule has 2 aromatic rings. The summed E-state index contributed by atoms with van der Waals surface area (Å²) < 4.78 is 55.4. The van der Waals surface area contributed by atoms with Crippen molar-refractivity contribution in [2.45, 2.75) is 33.4 Å². The third-order valence-electron chi connectivity index (χ3n) is 5.36. The maximum atomic E-state index is 14.3. The molecule has 2 aromatic carbocycles. The molecule has 0 radical (unpaired) electrons. The summed E-state index contributed by atoms with van der Waals surface area (Å²) in [5.74, 6) is -6.91. The second kappa shape index (κ2) is 9.38. The molecule has 1 atom stereocenters. The van der Waals surface area contributed by atoms with Crippen molar-refractivity contribution in [3.8, 4) is 0 Å². The first-order valence-corrected chi connectivity index (χ1v) is 10.9. The molecule has 0 saturated heterocycles. The molecule has 2 amide bonds. The van der Waals surface area contributed by atoms with Gasteiger partial charge in [0.2, 0.25) is 0 Å². The van der Waals surface area contributed by atoms with E-state index in [9.17, 15) is 32.3 Å². The predicted octanol–water partition coefficient (Wildman–Crippen LogP) is 5.06. The van der Waals surface area contributed by atoms with Gasteiger partial charge in [-0.15, -0.1) is 0 Å². The number of aliphatic hydroxyl groups excluding tert-OH is 1. The van der Waals surface area contributed by atoms with E-state index in [4.69, 9.17) is 0 Å². The monoisotopic (exact) mass is 543 g/mol. The van der Waals surface area contributed by atoms with Crippen LogP contribution in [-0.4, -0.2) is 40.0 Å². The van der Waals surface area contributed by atoms with Gasteiger partial charge in [-0.25, -0.2) is 22.6 Å². The number of rotatable bonds is 4. The number of halogens is 5. The fraction of sp³-hybridized carbons (Fsp3) is 0.304. The van der Waals surface area contributed by atoms with E-state index in [1.165, 1.54) is 24.2 Å². The number of nitrogens with one attached hydrogen (secondary N) is 1. The third-order valence-corrected chi connectivity index (χ3v) is 6.12. The van der Waals surface area contributed by atoms with Crippen LogP contribution in [0.3, 0.4) is 0 Å². The molecule has 0 aliphatic carbocycles. The van der Waals surface area contributed by atoms with Crippen LogP contribution in [0.4, 0.5) is 23.2 Å². The van der Waals surface area contributed by atoms with Gasteiger partial charge < -0.3 is 10.4 Å². The Bertz CT molecular complexity index is 1170. The molecule has 0 unspecified atom stereocenters. The number of aliphatic hydroxyl groups is 1. The minimum absolute atomic E-state index is 0.147. The van der Waals surface area contributed by atoms with E-state index in [1.54, 1.807) is 20.8 Å². The minimum atomic E-state index is -1.15. The van der Waals surface area contributed by atoms with Crippen LogP contribution in [0.25, 0.3) is 0 Å². The van der Waals surface area contributed by atoms with Gasteiger partial charge in [-0.2, -0.15) is 0 Å². The minimum Gasteiger partial charge on any atom is -0.509 e. The highest BCUT2D eigenvalue weighted by molar-refractivity contribution is 9.10. The Morgan fingerprint density at radius 2 is 1.71 bits per heavy atom. The molecule has 0 saturated carbocycles. The second-order valence-corrected chi connectivity index (χ2v) is 9.68. The third kappa shape index (κ3) is 4.80. The Balaban J connectivity index is 2.05. The van der Waals surface area contributed by atoms with Crippen LogP contribution in [0.5, 0.6) is 0 Å². The van der Waals surface area contributed by atoms with Crippen LogP contribution in [0.2, 0.25) is 0 Å². The molecule has 3 rings (SSSR count). The van der Waals surface area contributed by atoms with Crippen molar-refractivity contribution in [1.82, 2.24) is 10.0 Å². The lowest BCUT2D eigenvalue weighted by molar-refractivity contribution is -0.158. The van der Waals surface area contributed by atoms with E-state index in [1.807, 2.05) is 0 Å². The van der Waals surface area contributed by atoms with E-state index in [0.29, 0.717) is 0 Å². The van der Waals surface area contributed by atoms with Crippen molar-refractivity contribution in [1.29, 1.82) is 0 Å². The first-order valence-electron chi connectivity index (χ1n) is 10.1. The maximum absolute atomic E-state index is 14.3. The molecule has 1 heterocycles. The van der Waals surface area contributed by atoms with Crippen LogP contribution >= 0.6 is 15.9 Å². The van der Waals surface area contributed by atoms with Gasteiger partial charge in [-0.1, -0.05) is 32.9 Å². The van der Waals surface area contributed by atoms with Crippen molar-refractivity contribution < 1.29 is 32.3 Å². The molecule has 0 spiro atoms. The second-order valence-electron chi connectivity index (χ2n) is 8.89. The average molecular weight is 544 g/mol. The van der Waals surface area contributed by atoms with E-state index >= 15 is 0 Å². The van der Waals surface area contributed by atoms with Crippen molar-refractivity contribution in [2.24, 2.45) is 5.41 Å². The lowest BCUT2D eigenvalue weighted by Crippen LogP contribution is -2.59. The van der Waals surface area contributed by atoms with Crippen molar-refractivity contribution in [3.63, 3.8) is 0 Å². The van der Waals surface area contributed by atoms with Crippen LogP contribution in [0.1, 0.15) is 26.3 Å². The molecular weight excluding hydrogens is 522 g/mol. The number of carbonyl (C=O) groups excluding carboxylic acids is 2. The summed E-state index contributed by atoms with van der Waals surface area (Å²) in [4.78, 5) is 26.3. The van der Waals surface area contributed by atoms with Crippen molar-refractivity contribution >= 4 is 33.4 Å². The summed E-state index contributed by atoms with van der Waals surface area (Å²) in [6.45, 7) is 4.81. The van der Waals surface area contributed by atoms with Gasteiger partial charge in [0, 0.05) is 18.3 Å². The smallest absolute Gasteiger partial charge is 0.277 e. The van der Waals surface area contributed by atoms with Crippen molar-refractivity contribution in [3.05, 3.63) is 75.0 Å². The maximum Gasteiger partial charge on any atom is 0.277 e. The molecule has 2 N–H and O–H groups in total. The Hall–Kier alpha value is -2.92. The van der Waals surface area contributed by atoms with E-state index < -0.39 is 68.9 Å². The molecule has 0 fully saturated rings. The fourth-order valence-corrected chi connectivity index (χ4v) is 4.08. The molecule has 1 aliphatic heterocycles. The topological polar surface area (TPSA) is 72.9 Å². The number of carbonyl (C=O) groups is 2. The summed E-state index contributed by atoms with van der Waals surface area (Å²) >= 11 is 2.73. The SMILES string of the molecule is CN1[C@@H](C(C)(C)C)C(O)=C(C(=O)Nc2cc(F)c(Br)c(F)c2)C(=O)N1Cc1cccc(F)c1F. The molecule has 11 heteroatoms. The Morgan fingerprint density at radius 3 is 2.26 bits per heavy atom. The standard InChI is InChI=1S/C23H22BrF4N3O3/c1-23(2,3)20-19(32)16(21(33)29-12-8-14(26)17(24)15(27)9-12)22(34)31(30(20)4)10-11-6-5-7-13(25)18(11)28/h5-9,20,32H,10H2,1-4H3,(H,29,33)/t20-/m1/s1. The lowest BCUT2D eigenvalue weighted by Gasteiger charge is -2.46. The van der Waals surface area contributed by atoms with Crippen LogP contribution in [0.15, 0.2) is 46.1 Å². The van der Waals surface area contributed by atoms with Crippen LogP contribution in [0, 0.1) is 28.7 Å². The molecular formula is C23H22BrF4N3O3. The van der Waals surface area contributed by atoms with E-state index in [0.717, 1.165) is 23.2 Å². The molecule has 0 aromatic heterocycles. The highest BCUT2D eigenvalue weighted by atomic mass is 79.9. The molecule has 6 nitrogen and oxygen atoms in total. The van der Waals surface area contributed by atoms with Crippen LogP contribution in [-0.2, 0) is 16.1 Å². The van der Waals surface area contributed by atoms with Gasteiger partial charge in [-0.3, -0.25) is 14.6 Å². The quantitative estimate of drug-likeness (QED) is 0.321. The lowest BCUT2D eigenvalue weighted by atomic mass is 9.82. The predicted molar refractivity (Wildman–Crippen MR) is 120 cm³/mol. The number of likely N-dealkylation sites (N-methyl/N-ethyl adjacent to an activating group) is 1. The summed E-state index contributed by atoms with van der Waals surface area (Å²) in [7, 11) is 1.47. The normalized spacial score (nSPS) is 17.4. The first kappa shape index (κ1) is 25.7. The number of amides is 2. The van der Waals surface area contributed by atoms with Gasteiger partial charge in [0.25, 0.3) is 11.8 Å². The number of hydrazine groups is 1. The number of hydrogen-bond donors (Lipinski definition) is 2. The number of anilines is 1. The van der Waals surface area contributed by atoms with Gasteiger partial charge in [-0.05, 0) is 39.5 Å². The number of nitrogens with zero attached hydrogens (tertiary/aromatic N) is 2. The summed E-state index contributed by atoms with van der Waals surface area (Å²) in [6.07, 6.45) is 0. The van der Waals surface area contributed by atoms with E-state index in [-0.39, 0.29) is 11.3 Å². The van der Waals surface area contributed by atoms with Gasteiger partial charge >= 0.3 is 0 Å². The Kier molecular flexibility index (Phi) is 7.09. The molecule has 1 aliphatic rings. The Labute approximate surface area is 201 Å². The zero-order valence-corrected chi connectivity index (χ0v) is 20.3. The zero-order valence-electron chi connectivity index (χ0n) is 18.7.